The van der Waals surface area contributed by atoms with Gasteiger partial charge in [0.05, 0.1) is 0 Å². The summed E-state index contributed by atoms with van der Waals surface area (Å²) in [5, 5.41) is 5.19. The minimum Gasteiger partial charge on any atom is -0.436 e. The van der Waals surface area contributed by atoms with Crippen LogP contribution in [0.2, 0.25) is 0 Å². The van der Waals surface area contributed by atoms with Crippen LogP contribution in [0.5, 0.6) is 0 Å². The van der Waals surface area contributed by atoms with Gasteiger partial charge in [0.1, 0.15) is 5.52 Å². The van der Waals surface area contributed by atoms with Gasteiger partial charge in [0.15, 0.2) is 5.58 Å². The van der Waals surface area contributed by atoms with E-state index in [1.807, 2.05) is 66.7 Å². The molecule has 0 aliphatic heterocycles. The Kier molecular flexibility index (Phi) is 4.78. The normalized spacial score (nSPS) is 11.7. The zero-order valence-electron chi connectivity index (χ0n) is 18.3. The number of nitrogens with zero attached hydrogens (tertiary/aromatic N) is 1. The zero-order chi connectivity index (χ0) is 22.3. The molecule has 5 rings (SSSR count). The molecule has 0 saturated carbocycles. The fourth-order valence-electron chi connectivity index (χ4n) is 3.86. The average Bonchev–Trinajstić information content (AvgIpc) is 3.21. The third-order valence-electron chi connectivity index (χ3n) is 5.68. The quantitative estimate of drug-likeness (QED) is 0.336. The van der Waals surface area contributed by atoms with E-state index in [4.69, 9.17) is 9.40 Å². The first-order valence-corrected chi connectivity index (χ1v) is 10.7. The van der Waals surface area contributed by atoms with Gasteiger partial charge in [-0.15, -0.1) is 0 Å². The summed E-state index contributed by atoms with van der Waals surface area (Å²) in [6.07, 6.45) is 0. The molecule has 1 amide bonds. The van der Waals surface area contributed by atoms with Crippen molar-refractivity contribution in [2.75, 3.05) is 5.32 Å². The van der Waals surface area contributed by atoms with Gasteiger partial charge in [0.25, 0.3) is 5.91 Å². The molecule has 158 valence electrons. The Morgan fingerprint density at radius 1 is 0.875 bits per heavy atom. The first-order chi connectivity index (χ1) is 15.4. The van der Waals surface area contributed by atoms with Crippen LogP contribution in [0.25, 0.3) is 33.3 Å². The fourth-order valence-corrected chi connectivity index (χ4v) is 3.86. The largest absolute Gasteiger partial charge is 0.436 e. The lowest BCUT2D eigenvalue weighted by molar-refractivity contribution is 0.102. The third-order valence-corrected chi connectivity index (χ3v) is 5.68. The zero-order valence-corrected chi connectivity index (χ0v) is 18.3. The van der Waals surface area contributed by atoms with Crippen molar-refractivity contribution in [3.05, 3.63) is 96.1 Å². The predicted molar refractivity (Wildman–Crippen MR) is 130 cm³/mol. The molecule has 4 nitrogen and oxygen atoms in total. The molecule has 0 fully saturated rings. The summed E-state index contributed by atoms with van der Waals surface area (Å²) >= 11 is 0. The van der Waals surface area contributed by atoms with Gasteiger partial charge in [-0.1, -0.05) is 69.3 Å². The number of carbonyl (C=O) groups is 1. The molecule has 0 spiro atoms. The fraction of sp³-hybridized carbons (Fsp3) is 0.143. The van der Waals surface area contributed by atoms with Crippen molar-refractivity contribution < 1.29 is 9.21 Å². The first-order valence-electron chi connectivity index (χ1n) is 10.7. The van der Waals surface area contributed by atoms with Gasteiger partial charge in [0, 0.05) is 16.8 Å². The van der Waals surface area contributed by atoms with E-state index in [9.17, 15) is 4.79 Å². The van der Waals surface area contributed by atoms with E-state index in [2.05, 4.69) is 44.3 Å². The Morgan fingerprint density at radius 3 is 2.41 bits per heavy atom. The third kappa shape index (κ3) is 3.76. The maximum atomic E-state index is 12.7. The highest BCUT2D eigenvalue weighted by Gasteiger charge is 2.15. The van der Waals surface area contributed by atoms with Crippen molar-refractivity contribution in [2.45, 2.75) is 26.2 Å². The minimum absolute atomic E-state index is 0.0504. The highest BCUT2D eigenvalue weighted by molar-refractivity contribution is 6.05. The molecule has 0 bridgehead atoms. The molecule has 1 aromatic heterocycles. The Bertz CT molecular complexity index is 1440. The Morgan fingerprint density at radius 2 is 1.62 bits per heavy atom. The maximum absolute atomic E-state index is 12.7. The molecule has 1 heterocycles. The number of nitrogens with one attached hydrogen (secondary N) is 1. The Labute approximate surface area is 186 Å². The molecule has 32 heavy (non-hydrogen) atoms. The van der Waals surface area contributed by atoms with Gasteiger partial charge in [-0.05, 0) is 58.1 Å². The summed E-state index contributed by atoms with van der Waals surface area (Å²) in [5.74, 6) is 0.417. The van der Waals surface area contributed by atoms with Crippen LogP contribution in [0.3, 0.4) is 0 Å². The van der Waals surface area contributed by atoms with E-state index < -0.39 is 0 Å². The van der Waals surface area contributed by atoms with E-state index in [0.29, 0.717) is 28.2 Å². The summed E-state index contributed by atoms with van der Waals surface area (Å²) in [6.45, 7) is 6.46. The molecule has 4 aromatic carbocycles. The number of amides is 1. The summed E-state index contributed by atoms with van der Waals surface area (Å²) in [6, 6.07) is 27.5. The van der Waals surface area contributed by atoms with Gasteiger partial charge in [0.2, 0.25) is 5.89 Å². The molecule has 0 aliphatic rings. The number of benzene rings is 4. The molecule has 0 atom stereocenters. The van der Waals surface area contributed by atoms with E-state index in [-0.39, 0.29) is 11.3 Å². The Hall–Kier alpha value is -3.92. The summed E-state index contributed by atoms with van der Waals surface area (Å²) in [7, 11) is 0. The molecule has 0 unspecified atom stereocenters. The predicted octanol–water partition coefficient (Wildman–Crippen LogP) is 7.20. The second-order valence-electron chi connectivity index (χ2n) is 9.01. The van der Waals surface area contributed by atoms with E-state index in [1.165, 1.54) is 5.56 Å². The van der Waals surface area contributed by atoms with Crippen molar-refractivity contribution in [3.8, 4) is 11.5 Å². The van der Waals surface area contributed by atoms with Crippen LogP contribution in [0.15, 0.2) is 89.3 Å². The number of fused-ring (bicyclic) bond motifs is 2. The lowest BCUT2D eigenvalue weighted by Gasteiger charge is -2.19. The summed E-state index contributed by atoms with van der Waals surface area (Å²) in [4.78, 5) is 17.4. The molecule has 0 aliphatic carbocycles. The van der Waals surface area contributed by atoms with Crippen LogP contribution in [0.1, 0.15) is 36.7 Å². The van der Waals surface area contributed by atoms with E-state index >= 15 is 0 Å². The molecule has 4 heteroatoms. The van der Waals surface area contributed by atoms with Gasteiger partial charge in [-0.2, -0.15) is 0 Å². The van der Waals surface area contributed by atoms with E-state index in [1.54, 1.807) is 0 Å². The Balaban J connectivity index is 1.42. The van der Waals surface area contributed by atoms with Crippen molar-refractivity contribution in [3.63, 3.8) is 0 Å². The van der Waals surface area contributed by atoms with Crippen LogP contribution in [-0.2, 0) is 5.41 Å². The lowest BCUT2D eigenvalue weighted by atomic mass is 9.87. The number of oxazole rings is 1. The average molecular weight is 421 g/mol. The maximum Gasteiger partial charge on any atom is 0.255 e. The highest BCUT2D eigenvalue weighted by Crippen LogP contribution is 2.31. The van der Waals surface area contributed by atoms with Gasteiger partial charge in [-0.25, -0.2) is 4.98 Å². The van der Waals surface area contributed by atoms with Crippen LogP contribution in [-0.4, -0.2) is 10.9 Å². The lowest BCUT2D eigenvalue weighted by Crippen LogP contribution is -2.14. The molecular formula is C28H24N2O2. The smallest absolute Gasteiger partial charge is 0.255 e. The summed E-state index contributed by atoms with van der Waals surface area (Å²) in [5.41, 5.74) is 4.88. The summed E-state index contributed by atoms with van der Waals surface area (Å²) < 4.78 is 6.03. The van der Waals surface area contributed by atoms with Gasteiger partial charge < -0.3 is 9.73 Å². The van der Waals surface area contributed by atoms with Crippen molar-refractivity contribution in [1.82, 2.24) is 4.98 Å². The van der Waals surface area contributed by atoms with Gasteiger partial charge in [-0.3, -0.25) is 4.79 Å². The molecule has 5 aromatic rings. The first kappa shape index (κ1) is 20.0. The second kappa shape index (κ2) is 7.65. The molecule has 1 N–H and O–H groups in total. The van der Waals surface area contributed by atoms with Crippen LogP contribution < -0.4 is 5.32 Å². The number of carbonyl (C=O) groups excluding carboxylic acids is 1. The minimum atomic E-state index is -0.150. The van der Waals surface area contributed by atoms with E-state index in [0.717, 1.165) is 16.3 Å². The molecule has 0 saturated heterocycles. The molecular weight excluding hydrogens is 396 g/mol. The number of anilines is 1. The van der Waals surface area contributed by atoms with Crippen molar-refractivity contribution in [1.29, 1.82) is 0 Å². The monoisotopic (exact) mass is 420 g/mol. The number of hydrogen-bond acceptors (Lipinski definition) is 3. The van der Waals surface area contributed by atoms with Gasteiger partial charge >= 0.3 is 0 Å². The second-order valence-corrected chi connectivity index (χ2v) is 9.01. The van der Waals surface area contributed by atoms with Crippen molar-refractivity contribution >= 4 is 33.5 Å². The van der Waals surface area contributed by atoms with Crippen molar-refractivity contribution in [2.24, 2.45) is 0 Å². The SMILES string of the molecule is CC(C)(C)c1ccc(C(=O)Nc2ccc3oc(-c4cccc5ccccc45)nc3c2)cc1. The van der Waals surface area contributed by atoms with Crippen LogP contribution >= 0.6 is 0 Å². The highest BCUT2D eigenvalue weighted by atomic mass is 16.3. The number of rotatable bonds is 3. The standard InChI is InChI=1S/C28H24N2O2/c1-28(2,3)20-13-11-19(12-14-20)26(31)29-21-15-16-25-24(17-21)30-27(32-25)23-10-6-8-18-7-4-5-9-22(18)23/h4-17H,1-3H3,(H,29,31). The number of hydrogen-bond donors (Lipinski definition) is 1. The van der Waals surface area contributed by atoms with Crippen LogP contribution in [0.4, 0.5) is 5.69 Å². The molecule has 0 radical (unpaired) electrons. The topological polar surface area (TPSA) is 55.1 Å². The van der Waals surface area contributed by atoms with Crippen LogP contribution in [0, 0.1) is 0 Å². The number of aromatic nitrogens is 1.